The van der Waals surface area contributed by atoms with Crippen LogP contribution in [0, 0.1) is 5.41 Å². The molecule has 0 aromatic heterocycles. The van der Waals surface area contributed by atoms with E-state index in [-0.39, 0.29) is 17.6 Å². The van der Waals surface area contributed by atoms with Gasteiger partial charge in [0.25, 0.3) is 0 Å². The van der Waals surface area contributed by atoms with Crippen LogP contribution < -0.4 is 9.84 Å². The van der Waals surface area contributed by atoms with Crippen molar-refractivity contribution in [3.8, 4) is 5.75 Å². The van der Waals surface area contributed by atoms with Crippen molar-refractivity contribution in [3.05, 3.63) is 35.9 Å². The highest BCUT2D eigenvalue weighted by Gasteiger charge is 2.42. The molecule has 10 nitrogen and oxygen atoms in total. The van der Waals surface area contributed by atoms with Crippen molar-refractivity contribution in [2.45, 2.75) is 52.6 Å². The third kappa shape index (κ3) is 7.41. The first-order valence-electron chi connectivity index (χ1n) is 11.0. The van der Waals surface area contributed by atoms with E-state index in [0.717, 1.165) is 6.42 Å². The van der Waals surface area contributed by atoms with Crippen molar-refractivity contribution >= 4 is 31.1 Å². The SMILES string of the molecule is C/C(=C\C(=O)N[C@H](C(=O)N1CCC[C@H]1C(=O)N(C)C)C(C)(C)C)c1ccc(OP(=O)(O)O)cc1. The van der Waals surface area contributed by atoms with Gasteiger partial charge in [0.15, 0.2) is 0 Å². The summed E-state index contributed by atoms with van der Waals surface area (Å²) >= 11 is 0. The van der Waals surface area contributed by atoms with E-state index < -0.39 is 31.2 Å². The molecule has 3 N–H and O–H groups in total. The molecule has 11 heteroatoms. The maximum atomic E-state index is 13.4. The molecule has 1 aliphatic rings. The minimum Gasteiger partial charge on any atom is -0.404 e. The minimum absolute atomic E-state index is 0.000154. The Morgan fingerprint density at radius 3 is 2.29 bits per heavy atom. The summed E-state index contributed by atoms with van der Waals surface area (Å²) in [5, 5.41) is 2.81. The monoisotopic (exact) mass is 495 g/mol. The first-order valence-corrected chi connectivity index (χ1v) is 12.5. The highest BCUT2D eigenvalue weighted by atomic mass is 31.2. The van der Waals surface area contributed by atoms with Crippen LogP contribution >= 0.6 is 7.82 Å². The lowest BCUT2D eigenvalue weighted by Gasteiger charge is -2.35. The summed E-state index contributed by atoms with van der Waals surface area (Å²) in [5.74, 6) is -0.883. The standard InChI is InChI=1S/C23H34N3O7P/c1-15(16-9-11-17(12-10-16)33-34(30,31)32)14-19(27)24-20(23(2,3)4)22(29)26-13-7-8-18(26)21(28)25(5)6/h9-12,14,18,20H,7-8,13H2,1-6H3,(H,24,27)(H2,30,31,32)/b15-14+/t18-,20+/m0/s1. The van der Waals surface area contributed by atoms with Crippen LogP contribution in [-0.4, -0.2) is 70.0 Å². The number of hydrogen-bond donors (Lipinski definition) is 3. The van der Waals surface area contributed by atoms with Gasteiger partial charge in [-0.1, -0.05) is 32.9 Å². The van der Waals surface area contributed by atoms with Crippen LogP contribution in [0.1, 0.15) is 46.1 Å². The number of amides is 3. The van der Waals surface area contributed by atoms with E-state index in [0.29, 0.717) is 24.1 Å². The smallest absolute Gasteiger partial charge is 0.404 e. The van der Waals surface area contributed by atoms with Gasteiger partial charge in [-0.05, 0) is 48.4 Å². The Morgan fingerprint density at radius 1 is 1.21 bits per heavy atom. The van der Waals surface area contributed by atoms with Crippen molar-refractivity contribution < 1.29 is 33.3 Å². The molecule has 1 saturated heterocycles. The van der Waals surface area contributed by atoms with Gasteiger partial charge in [0.2, 0.25) is 17.7 Å². The molecule has 1 aromatic rings. The highest BCUT2D eigenvalue weighted by molar-refractivity contribution is 7.46. The van der Waals surface area contributed by atoms with E-state index in [9.17, 15) is 18.9 Å². The molecule has 1 aromatic carbocycles. The number of phosphoric ester groups is 1. The van der Waals surface area contributed by atoms with Gasteiger partial charge in [-0.2, -0.15) is 0 Å². The largest absolute Gasteiger partial charge is 0.524 e. The van der Waals surface area contributed by atoms with Crippen molar-refractivity contribution in [1.82, 2.24) is 15.1 Å². The van der Waals surface area contributed by atoms with Crippen LogP contribution in [0.25, 0.3) is 5.57 Å². The average molecular weight is 496 g/mol. The second kappa shape index (κ2) is 10.7. The first kappa shape index (κ1) is 27.6. The Hall–Kier alpha value is -2.68. The number of nitrogens with one attached hydrogen (secondary N) is 1. The zero-order valence-corrected chi connectivity index (χ0v) is 21.3. The normalized spacial score (nSPS) is 17.8. The van der Waals surface area contributed by atoms with E-state index in [1.165, 1.54) is 23.1 Å². The van der Waals surface area contributed by atoms with Crippen molar-refractivity contribution in [2.24, 2.45) is 5.41 Å². The van der Waals surface area contributed by atoms with Gasteiger partial charge in [0.1, 0.15) is 17.8 Å². The van der Waals surface area contributed by atoms with E-state index in [4.69, 9.17) is 9.79 Å². The predicted octanol–water partition coefficient (Wildman–Crippen LogP) is 2.17. The topological polar surface area (TPSA) is 136 Å². The fraction of sp³-hybridized carbons (Fsp3) is 0.522. The first-order chi connectivity index (χ1) is 15.6. The number of nitrogens with zero attached hydrogens (tertiary/aromatic N) is 2. The van der Waals surface area contributed by atoms with Gasteiger partial charge in [-0.3, -0.25) is 24.2 Å². The Bertz CT molecular complexity index is 993. The number of likely N-dealkylation sites (tertiary alicyclic amines) is 1. The molecule has 188 valence electrons. The van der Waals surface area contributed by atoms with E-state index >= 15 is 0 Å². The van der Waals surface area contributed by atoms with Crippen molar-refractivity contribution in [3.63, 3.8) is 0 Å². The molecule has 0 spiro atoms. The Kier molecular flexibility index (Phi) is 8.69. The number of hydrogen-bond acceptors (Lipinski definition) is 5. The predicted molar refractivity (Wildman–Crippen MR) is 128 cm³/mol. The van der Waals surface area contributed by atoms with Gasteiger partial charge in [-0.25, -0.2) is 4.57 Å². The minimum atomic E-state index is -4.65. The van der Waals surface area contributed by atoms with E-state index in [2.05, 4.69) is 9.84 Å². The number of phosphoric acid groups is 1. The molecule has 34 heavy (non-hydrogen) atoms. The lowest BCUT2D eigenvalue weighted by Crippen LogP contribution is -2.57. The van der Waals surface area contributed by atoms with Crippen LogP contribution in [-0.2, 0) is 18.9 Å². The molecule has 3 amide bonds. The summed E-state index contributed by atoms with van der Waals surface area (Å²) in [5.41, 5.74) is 0.634. The van der Waals surface area contributed by atoms with Crippen LogP contribution in [0.4, 0.5) is 0 Å². The fourth-order valence-electron chi connectivity index (χ4n) is 3.78. The van der Waals surface area contributed by atoms with Gasteiger partial charge in [0, 0.05) is 26.7 Å². The second-order valence-corrected chi connectivity index (χ2v) is 10.8. The molecule has 1 aliphatic heterocycles. The van der Waals surface area contributed by atoms with E-state index in [1.54, 1.807) is 38.1 Å². The van der Waals surface area contributed by atoms with Crippen LogP contribution in [0.5, 0.6) is 5.75 Å². The summed E-state index contributed by atoms with van der Waals surface area (Å²) in [6.45, 7) is 7.73. The molecule has 0 bridgehead atoms. The van der Waals surface area contributed by atoms with Crippen LogP contribution in [0.15, 0.2) is 30.3 Å². The fourth-order valence-corrected chi connectivity index (χ4v) is 4.18. The quantitative estimate of drug-likeness (QED) is 0.390. The number of carbonyl (C=O) groups is 3. The summed E-state index contributed by atoms with van der Waals surface area (Å²) in [6, 6.07) is 4.55. The zero-order chi connectivity index (χ0) is 25.8. The summed E-state index contributed by atoms with van der Waals surface area (Å²) in [7, 11) is -1.34. The third-order valence-electron chi connectivity index (χ3n) is 5.54. The molecule has 0 saturated carbocycles. The summed E-state index contributed by atoms with van der Waals surface area (Å²) in [6.07, 6.45) is 2.67. The maximum Gasteiger partial charge on any atom is 0.524 e. The van der Waals surface area contributed by atoms with Gasteiger partial charge >= 0.3 is 7.82 Å². The third-order valence-corrected chi connectivity index (χ3v) is 5.99. The van der Waals surface area contributed by atoms with Gasteiger partial charge in [0.05, 0.1) is 0 Å². The molecule has 0 radical (unpaired) electrons. The van der Waals surface area contributed by atoms with Crippen molar-refractivity contribution in [2.75, 3.05) is 20.6 Å². The summed E-state index contributed by atoms with van der Waals surface area (Å²) in [4.78, 5) is 59.6. The molecule has 1 fully saturated rings. The number of likely N-dealkylation sites (N-methyl/N-ethyl adjacent to an activating group) is 1. The van der Waals surface area contributed by atoms with E-state index in [1.807, 2.05) is 20.8 Å². The zero-order valence-electron chi connectivity index (χ0n) is 20.4. The molecular formula is C23H34N3O7P. The Labute approximate surface area is 200 Å². The Balaban J connectivity index is 2.18. The number of allylic oxidation sites excluding steroid dienone is 1. The molecule has 1 heterocycles. The number of carbonyl (C=O) groups excluding carboxylic acids is 3. The number of benzene rings is 1. The van der Waals surface area contributed by atoms with Crippen LogP contribution in [0.2, 0.25) is 0 Å². The molecule has 0 aliphatic carbocycles. The highest BCUT2D eigenvalue weighted by Crippen LogP contribution is 2.37. The van der Waals surface area contributed by atoms with Gasteiger partial charge in [-0.15, -0.1) is 0 Å². The van der Waals surface area contributed by atoms with Crippen LogP contribution in [0.3, 0.4) is 0 Å². The number of rotatable bonds is 7. The van der Waals surface area contributed by atoms with Crippen molar-refractivity contribution in [1.29, 1.82) is 0 Å². The lowest BCUT2D eigenvalue weighted by molar-refractivity contribution is -0.146. The average Bonchev–Trinajstić information content (AvgIpc) is 3.19. The maximum absolute atomic E-state index is 13.4. The van der Waals surface area contributed by atoms with Gasteiger partial charge < -0.3 is 19.6 Å². The molecule has 0 unspecified atom stereocenters. The second-order valence-electron chi connectivity index (χ2n) is 9.66. The molecule has 2 rings (SSSR count). The lowest BCUT2D eigenvalue weighted by atomic mass is 9.85. The molecular weight excluding hydrogens is 461 g/mol. The molecule has 2 atom stereocenters. The summed E-state index contributed by atoms with van der Waals surface area (Å²) < 4.78 is 15.5. The Morgan fingerprint density at radius 2 is 1.79 bits per heavy atom.